The van der Waals surface area contributed by atoms with Crippen LogP contribution in [-0.2, 0) is 0 Å². The number of fused-ring (bicyclic) bond motifs is 1. The Balaban J connectivity index is 1.37. The van der Waals surface area contributed by atoms with Gasteiger partial charge in [0.25, 0.3) is 0 Å². The molecule has 0 saturated heterocycles. The first-order chi connectivity index (χ1) is 17.9. The quantitative estimate of drug-likeness (QED) is 0.192. The van der Waals surface area contributed by atoms with Gasteiger partial charge in [-0.2, -0.15) is 8.78 Å². The Kier molecular flexibility index (Phi) is 9.12. The van der Waals surface area contributed by atoms with Gasteiger partial charge in [-0.1, -0.05) is 37.3 Å². The average Bonchev–Trinajstić information content (AvgIpc) is 2.90. The third-order valence-electron chi connectivity index (χ3n) is 7.95. The van der Waals surface area contributed by atoms with E-state index >= 15 is 0 Å². The smallest absolute Gasteiger partial charge is 0.346 e. The lowest BCUT2D eigenvalue weighted by atomic mass is 9.63. The summed E-state index contributed by atoms with van der Waals surface area (Å²) in [7, 11) is 0. The summed E-state index contributed by atoms with van der Waals surface area (Å²) in [5.41, 5.74) is 0.564. The third-order valence-corrected chi connectivity index (χ3v) is 7.95. The fourth-order valence-electron chi connectivity index (χ4n) is 6.01. The molecule has 2 aliphatic carbocycles. The van der Waals surface area contributed by atoms with E-state index in [1.54, 1.807) is 6.07 Å². The summed E-state index contributed by atoms with van der Waals surface area (Å²) in [6.45, 7) is 5.51. The Morgan fingerprint density at radius 3 is 2.49 bits per heavy atom. The molecule has 4 rings (SSSR count). The highest BCUT2D eigenvalue weighted by Crippen LogP contribution is 2.48. The molecule has 3 nitrogen and oxygen atoms in total. The number of carbonyl (C=O) groups excluding carboxylic acids is 1. The highest BCUT2D eigenvalue weighted by Gasteiger charge is 2.36. The molecule has 6 heteroatoms. The van der Waals surface area contributed by atoms with Crippen molar-refractivity contribution in [2.45, 2.75) is 64.2 Å². The van der Waals surface area contributed by atoms with Crippen molar-refractivity contribution >= 4 is 5.97 Å². The van der Waals surface area contributed by atoms with Crippen LogP contribution in [0.5, 0.6) is 11.5 Å². The molecule has 0 radical (unpaired) electrons. The lowest BCUT2D eigenvalue weighted by Crippen LogP contribution is -2.30. The van der Waals surface area contributed by atoms with Crippen LogP contribution in [0.2, 0.25) is 0 Å². The Hall–Kier alpha value is -3.02. The van der Waals surface area contributed by atoms with Crippen molar-refractivity contribution in [3.05, 3.63) is 83.7 Å². The minimum Gasteiger partial charge on any atom is -0.486 e. The van der Waals surface area contributed by atoms with E-state index in [0.29, 0.717) is 5.92 Å². The number of halogens is 3. The second-order valence-corrected chi connectivity index (χ2v) is 10.3. The van der Waals surface area contributed by atoms with Crippen LogP contribution in [0, 0.1) is 35.2 Å². The van der Waals surface area contributed by atoms with Crippen molar-refractivity contribution in [3.8, 4) is 11.5 Å². The van der Waals surface area contributed by atoms with Crippen molar-refractivity contribution in [1.82, 2.24) is 0 Å². The third kappa shape index (κ3) is 6.46. The van der Waals surface area contributed by atoms with Crippen LogP contribution in [0.1, 0.15) is 80.1 Å². The number of ether oxygens (including phenoxy) is 2. The Bertz CT molecular complexity index is 1140. The molecular formula is C31H35F3O3. The van der Waals surface area contributed by atoms with E-state index in [9.17, 15) is 18.0 Å². The van der Waals surface area contributed by atoms with Gasteiger partial charge in [-0.3, -0.25) is 0 Å². The molecule has 0 amide bonds. The van der Waals surface area contributed by atoms with E-state index in [4.69, 9.17) is 9.47 Å². The fraction of sp³-hybridized carbons (Fsp3) is 0.452. The largest absolute Gasteiger partial charge is 0.486 e. The highest BCUT2D eigenvalue weighted by molar-refractivity contribution is 5.91. The van der Waals surface area contributed by atoms with Gasteiger partial charge in [-0.15, -0.1) is 0 Å². The first kappa shape index (κ1) is 27.0. The maximum atomic E-state index is 15.0. The Morgan fingerprint density at radius 2 is 1.73 bits per heavy atom. The molecule has 0 aromatic heterocycles. The molecule has 4 unspecified atom stereocenters. The van der Waals surface area contributed by atoms with Crippen LogP contribution < -0.4 is 9.47 Å². The molecule has 0 heterocycles. The van der Waals surface area contributed by atoms with Gasteiger partial charge in [0, 0.05) is 0 Å². The average molecular weight is 513 g/mol. The normalized spacial score (nSPS) is 23.5. The minimum atomic E-state index is -1.37. The van der Waals surface area contributed by atoms with Crippen molar-refractivity contribution in [2.75, 3.05) is 6.61 Å². The summed E-state index contributed by atoms with van der Waals surface area (Å²) >= 11 is 0. The van der Waals surface area contributed by atoms with Gasteiger partial charge < -0.3 is 9.47 Å². The van der Waals surface area contributed by atoms with Crippen molar-refractivity contribution in [1.29, 1.82) is 0 Å². The molecule has 0 spiro atoms. The summed E-state index contributed by atoms with van der Waals surface area (Å²) in [5, 5.41) is 0. The summed E-state index contributed by atoms with van der Waals surface area (Å²) in [6, 6.07) is 6.77. The van der Waals surface area contributed by atoms with Crippen LogP contribution in [-0.4, -0.2) is 12.6 Å². The van der Waals surface area contributed by atoms with Gasteiger partial charge in [0.15, 0.2) is 11.5 Å². The fourth-order valence-corrected chi connectivity index (χ4v) is 6.01. The molecule has 37 heavy (non-hydrogen) atoms. The first-order valence-electron chi connectivity index (χ1n) is 13.3. The van der Waals surface area contributed by atoms with E-state index in [1.807, 2.05) is 0 Å². The second-order valence-electron chi connectivity index (χ2n) is 10.3. The van der Waals surface area contributed by atoms with Crippen molar-refractivity contribution in [3.63, 3.8) is 0 Å². The molecule has 2 saturated carbocycles. The molecule has 198 valence electrons. The van der Waals surface area contributed by atoms with Gasteiger partial charge >= 0.3 is 5.97 Å². The molecule has 0 N–H and O–H groups in total. The minimum absolute atomic E-state index is 0.00711. The number of hydrogen-bond donors (Lipinski definition) is 0. The molecule has 4 atom stereocenters. The molecular weight excluding hydrogens is 477 g/mol. The number of esters is 1. The summed E-state index contributed by atoms with van der Waals surface area (Å²) in [4.78, 5) is 12.6. The summed E-state index contributed by atoms with van der Waals surface area (Å²) < 4.78 is 53.5. The Morgan fingerprint density at radius 1 is 1.00 bits per heavy atom. The number of allylic oxidation sites excluding steroid dienone is 2. The first-order valence-corrected chi connectivity index (χ1v) is 13.3. The van der Waals surface area contributed by atoms with Crippen LogP contribution in [0.25, 0.3) is 0 Å². The highest BCUT2D eigenvalue weighted by atomic mass is 19.2. The van der Waals surface area contributed by atoms with Gasteiger partial charge in [0.1, 0.15) is 12.4 Å². The lowest BCUT2D eigenvalue weighted by Gasteiger charge is -2.42. The molecule has 0 bridgehead atoms. The van der Waals surface area contributed by atoms with E-state index < -0.39 is 29.2 Å². The van der Waals surface area contributed by atoms with E-state index in [-0.39, 0.29) is 23.8 Å². The maximum absolute atomic E-state index is 15.0. The molecule has 2 fully saturated rings. The second kappa shape index (κ2) is 12.5. The standard InChI is InChI=1S/C31H35F3O3/c1-3-5-6-7-20-8-9-22-18-23(11-10-21(22)17-20)24-12-13-25(26(32)19-24)31(35)37-28-15-14-27(36-16-4-2)29(33)30(28)34/h3-5,12-15,19-23H,2,6-11,16-18H2,1H3/b5-3+. The number of benzene rings is 2. The van der Waals surface area contributed by atoms with E-state index in [0.717, 1.165) is 55.2 Å². The zero-order valence-electron chi connectivity index (χ0n) is 21.4. The zero-order valence-corrected chi connectivity index (χ0v) is 21.4. The topological polar surface area (TPSA) is 35.5 Å². The van der Waals surface area contributed by atoms with Crippen LogP contribution in [0.15, 0.2) is 55.1 Å². The van der Waals surface area contributed by atoms with Crippen molar-refractivity contribution in [2.24, 2.45) is 17.8 Å². The summed E-state index contributed by atoms with van der Waals surface area (Å²) in [5.74, 6) is -2.93. The molecule has 2 aromatic rings. The predicted octanol–water partition coefficient (Wildman–Crippen LogP) is 8.54. The molecule has 2 aromatic carbocycles. The van der Waals surface area contributed by atoms with E-state index in [1.165, 1.54) is 43.9 Å². The number of rotatable bonds is 9. The zero-order chi connectivity index (χ0) is 26.4. The molecule has 2 aliphatic rings. The molecule has 0 aliphatic heterocycles. The number of hydrogen-bond acceptors (Lipinski definition) is 3. The van der Waals surface area contributed by atoms with E-state index in [2.05, 4.69) is 25.7 Å². The van der Waals surface area contributed by atoms with Gasteiger partial charge in [-0.05, 0) is 105 Å². The van der Waals surface area contributed by atoms with Gasteiger partial charge in [-0.25, -0.2) is 9.18 Å². The summed E-state index contributed by atoms with van der Waals surface area (Å²) in [6.07, 6.45) is 15.2. The van der Waals surface area contributed by atoms with Crippen LogP contribution in [0.3, 0.4) is 0 Å². The maximum Gasteiger partial charge on any atom is 0.346 e. The van der Waals surface area contributed by atoms with Crippen LogP contribution >= 0.6 is 0 Å². The SMILES string of the molecule is C=CCOc1ccc(OC(=O)c2ccc(C3CCC4CC(CC/C=C/C)CCC4C3)cc2F)c(F)c1F. The lowest BCUT2D eigenvalue weighted by molar-refractivity contribution is 0.0721. The van der Waals surface area contributed by atoms with Gasteiger partial charge in [0.05, 0.1) is 5.56 Å². The predicted molar refractivity (Wildman–Crippen MR) is 138 cm³/mol. The Labute approximate surface area is 217 Å². The monoisotopic (exact) mass is 512 g/mol. The van der Waals surface area contributed by atoms with Crippen LogP contribution in [0.4, 0.5) is 13.2 Å². The van der Waals surface area contributed by atoms with Crippen molar-refractivity contribution < 1.29 is 27.4 Å². The van der Waals surface area contributed by atoms with Gasteiger partial charge in [0.2, 0.25) is 11.6 Å². The number of carbonyl (C=O) groups is 1.